The zero-order valence-electron chi connectivity index (χ0n) is 10.8. The Morgan fingerprint density at radius 3 is 2.24 bits per heavy atom. The fraction of sp³-hybridized carbons (Fsp3) is 0.462. The number of ether oxygens (including phenoxy) is 1. The molecule has 1 atom stereocenters. The van der Waals surface area contributed by atoms with E-state index in [-0.39, 0.29) is 11.9 Å². The lowest BCUT2D eigenvalue weighted by Crippen LogP contribution is -2.39. The molecule has 94 valence electrons. The fourth-order valence-corrected chi connectivity index (χ4v) is 1.36. The number of amides is 1. The highest BCUT2D eigenvalue weighted by Gasteiger charge is 2.14. The van der Waals surface area contributed by atoms with Gasteiger partial charge in [0.25, 0.3) is 5.91 Å². The average molecular weight is 236 g/mol. The maximum atomic E-state index is 11.6. The van der Waals surface area contributed by atoms with Crippen LogP contribution in [0.25, 0.3) is 0 Å². The van der Waals surface area contributed by atoms with Crippen LogP contribution in [0.15, 0.2) is 24.3 Å². The van der Waals surface area contributed by atoms with Crippen molar-refractivity contribution in [2.75, 3.05) is 12.4 Å². The molecular weight excluding hydrogens is 216 g/mol. The number of anilines is 1. The summed E-state index contributed by atoms with van der Waals surface area (Å²) in [4.78, 5) is 11.6. The van der Waals surface area contributed by atoms with Gasteiger partial charge in [-0.1, -0.05) is 0 Å². The van der Waals surface area contributed by atoms with Crippen LogP contribution in [-0.2, 0) is 4.79 Å². The predicted octanol–water partition coefficient (Wildman–Crippen LogP) is 2.02. The molecule has 2 N–H and O–H groups in total. The van der Waals surface area contributed by atoms with Crippen molar-refractivity contribution in [3.63, 3.8) is 0 Å². The minimum absolute atomic E-state index is 0.0994. The number of hydrogen-bond acceptors (Lipinski definition) is 3. The molecule has 4 nitrogen and oxygen atoms in total. The van der Waals surface area contributed by atoms with E-state index in [9.17, 15) is 4.79 Å². The summed E-state index contributed by atoms with van der Waals surface area (Å²) in [5, 5.41) is 5.83. The normalized spacial score (nSPS) is 12.1. The number of hydrogen-bond donors (Lipinski definition) is 2. The average Bonchev–Trinajstić information content (AvgIpc) is 2.29. The van der Waals surface area contributed by atoms with Crippen LogP contribution in [-0.4, -0.2) is 25.1 Å². The van der Waals surface area contributed by atoms with Gasteiger partial charge in [-0.3, -0.25) is 4.79 Å². The van der Waals surface area contributed by atoms with Crippen LogP contribution in [0.3, 0.4) is 0 Å². The Bertz CT molecular complexity index is 360. The van der Waals surface area contributed by atoms with E-state index in [2.05, 4.69) is 10.6 Å². The van der Waals surface area contributed by atoms with Gasteiger partial charge in [-0.2, -0.15) is 0 Å². The lowest BCUT2D eigenvalue weighted by Gasteiger charge is -2.16. The predicted molar refractivity (Wildman–Crippen MR) is 69.4 cm³/mol. The van der Waals surface area contributed by atoms with Gasteiger partial charge in [0.2, 0.25) is 0 Å². The largest absolute Gasteiger partial charge is 0.481 e. The zero-order chi connectivity index (χ0) is 12.8. The molecule has 4 heteroatoms. The summed E-state index contributed by atoms with van der Waals surface area (Å²) in [6.07, 6.45) is -0.488. The molecule has 0 saturated heterocycles. The third-order valence-electron chi connectivity index (χ3n) is 2.26. The van der Waals surface area contributed by atoms with Gasteiger partial charge in [0.1, 0.15) is 5.75 Å². The van der Waals surface area contributed by atoms with Crippen molar-refractivity contribution >= 4 is 11.6 Å². The lowest BCUT2D eigenvalue weighted by molar-refractivity contribution is -0.127. The van der Waals surface area contributed by atoms with Crippen molar-refractivity contribution in [2.24, 2.45) is 0 Å². The van der Waals surface area contributed by atoms with Crippen LogP contribution < -0.4 is 15.4 Å². The van der Waals surface area contributed by atoms with Gasteiger partial charge < -0.3 is 15.4 Å². The van der Waals surface area contributed by atoms with E-state index in [0.29, 0.717) is 5.75 Å². The van der Waals surface area contributed by atoms with Crippen molar-refractivity contribution in [1.29, 1.82) is 0 Å². The Morgan fingerprint density at radius 1 is 1.18 bits per heavy atom. The van der Waals surface area contributed by atoms with Gasteiger partial charge in [-0.15, -0.1) is 0 Å². The molecule has 1 rings (SSSR count). The third-order valence-corrected chi connectivity index (χ3v) is 2.26. The summed E-state index contributed by atoms with van der Waals surface area (Å²) in [6, 6.07) is 7.61. The van der Waals surface area contributed by atoms with Crippen molar-refractivity contribution in [3.8, 4) is 5.75 Å². The molecule has 0 radical (unpaired) electrons. The summed E-state index contributed by atoms with van der Waals surface area (Å²) in [5.41, 5.74) is 1.01. The Labute approximate surface area is 102 Å². The van der Waals surface area contributed by atoms with Gasteiger partial charge >= 0.3 is 0 Å². The minimum Gasteiger partial charge on any atom is -0.481 e. The number of benzene rings is 1. The van der Waals surface area contributed by atoms with E-state index in [1.807, 2.05) is 45.2 Å². The molecule has 0 aliphatic rings. The molecule has 1 amide bonds. The molecule has 0 spiro atoms. The lowest BCUT2D eigenvalue weighted by atomic mass is 10.3. The molecule has 17 heavy (non-hydrogen) atoms. The molecule has 1 aromatic rings. The van der Waals surface area contributed by atoms with Crippen molar-refractivity contribution in [3.05, 3.63) is 24.3 Å². The van der Waals surface area contributed by atoms with Gasteiger partial charge in [-0.05, 0) is 45.0 Å². The van der Waals surface area contributed by atoms with E-state index < -0.39 is 6.10 Å². The van der Waals surface area contributed by atoms with Crippen molar-refractivity contribution in [1.82, 2.24) is 5.32 Å². The third kappa shape index (κ3) is 4.34. The van der Waals surface area contributed by atoms with Crippen molar-refractivity contribution in [2.45, 2.75) is 32.9 Å². The summed E-state index contributed by atoms with van der Waals surface area (Å²) < 4.78 is 5.54. The molecule has 0 fully saturated rings. The first kappa shape index (κ1) is 13.4. The highest BCUT2D eigenvalue weighted by atomic mass is 16.5. The Hall–Kier alpha value is -1.71. The van der Waals surface area contributed by atoms with Gasteiger partial charge in [0, 0.05) is 18.8 Å². The first-order valence-electron chi connectivity index (χ1n) is 5.77. The molecule has 0 bridgehead atoms. The number of rotatable bonds is 5. The zero-order valence-corrected chi connectivity index (χ0v) is 10.8. The molecule has 0 aliphatic heterocycles. The van der Waals surface area contributed by atoms with Crippen LogP contribution in [0.2, 0.25) is 0 Å². The minimum atomic E-state index is -0.488. The van der Waals surface area contributed by atoms with E-state index in [4.69, 9.17) is 4.74 Å². The van der Waals surface area contributed by atoms with Crippen LogP contribution >= 0.6 is 0 Å². The number of carbonyl (C=O) groups is 1. The second-order valence-electron chi connectivity index (χ2n) is 4.20. The standard InChI is InChI=1S/C13H20N2O2/c1-9(2)15-13(16)10(3)17-12-7-5-11(14-4)6-8-12/h5-10,14H,1-4H3,(H,15,16). The van der Waals surface area contributed by atoms with Crippen LogP contribution in [0, 0.1) is 0 Å². The fourth-order valence-electron chi connectivity index (χ4n) is 1.36. The van der Waals surface area contributed by atoms with Crippen molar-refractivity contribution < 1.29 is 9.53 Å². The molecule has 0 saturated carbocycles. The SMILES string of the molecule is CNc1ccc(OC(C)C(=O)NC(C)C)cc1. The topological polar surface area (TPSA) is 50.4 Å². The van der Waals surface area contributed by atoms with E-state index >= 15 is 0 Å². The molecule has 0 aliphatic carbocycles. The Morgan fingerprint density at radius 2 is 1.76 bits per heavy atom. The first-order valence-corrected chi connectivity index (χ1v) is 5.77. The smallest absolute Gasteiger partial charge is 0.260 e. The van der Waals surface area contributed by atoms with Gasteiger partial charge in [0.15, 0.2) is 6.10 Å². The Kier molecular flexibility index (Phi) is 4.82. The van der Waals surface area contributed by atoms with E-state index in [1.54, 1.807) is 6.92 Å². The summed E-state index contributed by atoms with van der Waals surface area (Å²) >= 11 is 0. The molecule has 1 unspecified atom stereocenters. The summed E-state index contributed by atoms with van der Waals surface area (Å²) in [5.74, 6) is 0.591. The van der Waals surface area contributed by atoms with E-state index in [0.717, 1.165) is 5.69 Å². The highest BCUT2D eigenvalue weighted by Crippen LogP contribution is 2.16. The molecule has 0 aromatic heterocycles. The van der Waals surface area contributed by atoms with Crippen LogP contribution in [0.5, 0.6) is 5.75 Å². The first-order chi connectivity index (χ1) is 8.02. The van der Waals surface area contributed by atoms with Gasteiger partial charge in [0.05, 0.1) is 0 Å². The second-order valence-corrected chi connectivity index (χ2v) is 4.20. The van der Waals surface area contributed by atoms with Crippen LogP contribution in [0.4, 0.5) is 5.69 Å². The highest BCUT2D eigenvalue weighted by molar-refractivity contribution is 5.80. The molecule has 0 heterocycles. The molecular formula is C13H20N2O2. The Balaban J connectivity index is 2.55. The number of carbonyl (C=O) groups excluding carboxylic acids is 1. The monoisotopic (exact) mass is 236 g/mol. The van der Waals surface area contributed by atoms with Gasteiger partial charge in [-0.25, -0.2) is 0 Å². The van der Waals surface area contributed by atoms with Crippen LogP contribution in [0.1, 0.15) is 20.8 Å². The second kappa shape index (κ2) is 6.13. The maximum Gasteiger partial charge on any atom is 0.260 e. The maximum absolute atomic E-state index is 11.6. The number of nitrogens with one attached hydrogen (secondary N) is 2. The quantitative estimate of drug-likeness (QED) is 0.822. The molecule has 1 aromatic carbocycles. The van der Waals surface area contributed by atoms with E-state index in [1.165, 1.54) is 0 Å². The summed E-state index contributed by atoms with van der Waals surface area (Å²) in [6.45, 7) is 5.59. The summed E-state index contributed by atoms with van der Waals surface area (Å²) in [7, 11) is 1.86.